The van der Waals surface area contributed by atoms with Gasteiger partial charge in [0, 0.05) is 6.42 Å². The van der Waals surface area contributed by atoms with Crippen molar-refractivity contribution >= 4 is 10.1 Å². The van der Waals surface area contributed by atoms with Crippen LogP contribution in [-0.4, -0.2) is 47.2 Å². The van der Waals surface area contributed by atoms with Crippen LogP contribution in [0.5, 0.6) is 0 Å². The second kappa shape index (κ2) is 4.90. The molecule has 0 aliphatic carbocycles. The molecule has 0 aromatic carbocycles. The molecule has 1 aliphatic heterocycles. The van der Waals surface area contributed by atoms with Gasteiger partial charge in [0.1, 0.15) is 0 Å². The summed E-state index contributed by atoms with van der Waals surface area (Å²) in [5.41, 5.74) is 0. The highest BCUT2D eigenvalue weighted by Crippen LogP contribution is 2.05. The van der Waals surface area contributed by atoms with Crippen molar-refractivity contribution in [3.05, 3.63) is 0 Å². The molecule has 1 saturated heterocycles. The first-order valence-corrected chi connectivity index (χ1v) is 5.93. The van der Waals surface area contributed by atoms with Crippen LogP contribution in [-0.2, 0) is 23.8 Å². The molecule has 1 unspecified atom stereocenters. The third-order valence-electron chi connectivity index (χ3n) is 1.62. The maximum absolute atomic E-state index is 10.6. The van der Waals surface area contributed by atoms with Crippen LogP contribution in [0.3, 0.4) is 0 Å². The van der Waals surface area contributed by atoms with Gasteiger partial charge in [-0.25, -0.2) is 0 Å². The molecule has 0 amide bonds. The highest BCUT2D eigenvalue weighted by atomic mass is 32.2. The Morgan fingerprint density at radius 1 is 1.46 bits per heavy atom. The first-order chi connectivity index (χ1) is 6.08. The van der Waals surface area contributed by atoms with Gasteiger partial charge < -0.3 is 9.47 Å². The zero-order valence-corrected chi connectivity index (χ0v) is 8.38. The molecule has 1 aliphatic rings. The van der Waals surface area contributed by atoms with Gasteiger partial charge in [-0.2, -0.15) is 8.42 Å². The van der Waals surface area contributed by atoms with E-state index in [0.29, 0.717) is 26.2 Å². The minimum Gasteiger partial charge on any atom is -0.376 e. The van der Waals surface area contributed by atoms with Gasteiger partial charge in [0.25, 0.3) is 10.1 Å². The Bertz CT molecular complexity index is 229. The van der Waals surface area contributed by atoms with Crippen molar-refractivity contribution in [2.45, 2.75) is 12.5 Å². The summed E-state index contributed by atoms with van der Waals surface area (Å²) >= 11 is 0. The van der Waals surface area contributed by atoms with Crippen molar-refractivity contribution in [1.29, 1.82) is 0 Å². The van der Waals surface area contributed by atoms with E-state index in [4.69, 9.17) is 9.47 Å². The first kappa shape index (κ1) is 10.9. The maximum Gasteiger partial charge on any atom is 0.264 e. The first-order valence-electron chi connectivity index (χ1n) is 4.12. The lowest BCUT2D eigenvalue weighted by Gasteiger charge is -2.22. The smallest absolute Gasteiger partial charge is 0.264 e. The minimum absolute atomic E-state index is 0.0319. The van der Waals surface area contributed by atoms with E-state index < -0.39 is 10.1 Å². The lowest BCUT2D eigenvalue weighted by molar-refractivity contribution is -0.0933. The third-order valence-corrected chi connectivity index (χ3v) is 2.22. The lowest BCUT2D eigenvalue weighted by Crippen LogP contribution is -2.29. The predicted octanol–water partition coefficient (Wildman–Crippen LogP) is -0.232. The Labute approximate surface area is 78.1 Å². The fourth-order valence-electron chi connectivity index (χ4n) is 1.03. The average molecular weight is 210 g/mol. The zero-order chi connectivity index (χ0) is 9.73. The Balaban J connectivity index is 2.11. The van der Waals surface area contributed by atoms with Gasteiger partial charge in [0.2, 0.25) is 0 Å². The fraction of sp³-hybridized carbons (Fsp3) is 1.00. The van der Waals surface area contributed by atoms with Crippen LogP contribution in [0.25, 0.3) is 0 Å². The Hall–Kier alpha value is -0.170. The highest BCUT2D eigenvalue weighted by Gasteiger charge is 2.14. The number of hydrogen-bond donors (Lipinski definition) is 0. The predicted molar refractivity (Wildman–Crippen MR) is 46.0 cm³/mol. The molecule has 1 atom stereocenters. The quantitative estimate of drug-likeness (QED) is 0.600. The standard InChI is InChI=1S/C7H14O5S/c1-13(8,9)12-3-2-7-6-10-4-5-11-7/h7H,2-6H2,1H3. The molecule has 13 heavy (non-hydrogen) atoms. The van der Waals surface area contributed by atoms with E-state index in [1.807, 2.05) is 0 Å². The molecule has 0 aromatic heterocycles. The minimum atomic E-state index is -3.32. The van der Waals surface area contributed by atoms with E-state index in [-0.39, 0.29) is 12.7 Å². The second-order valence-corrected chi connectivity index (χ2v) is 4.53. The van der Waals surface area contributed by atoms with Crippen LogP contribution >= 0.6 is 0 Å². The summed E-state index contributed by atoms with van der Waals surface area (Å²) in [6.07, 6.45) is 1.55. The zero-order valence-electron chi connectivity index (χ0n) is 7.56. The van der Waals surface area contributed by atoms with Crippen molar-refractivity contribution in [2.75, 3.05) is 32.7 Å². The molecule has 0 N–H and O–H groups in total. The van der Waals surface area contributed by atoms with E-state index in [9.17, 15) is 8.42 Å². The SMILES string of the molecule is CS(=O)(=O)OCCC1COCCO1. The number of ether oxygens (including phenoxy) is 2. The molecule has 6 heteroatoms. The summed E-state index contributed by atoms with van der Waals surface area (Å²) in [5, 5.41) is 0. The molecule has 0 saturated carbocycles. The Kier molecular flexibility index (Phi) is 4.11. The Morgan fingerprint density at radius 3 is 2.77 bits per heavy atom. The summed E-state index contributed by atoms with van der Waals surface area (Å²) in [5.74, 6) is 0. The van der Waals surface area contributed by atoms with Crippen LogP contribution < -0.4 is 0 Å². The summed E-state index contributed by atoms with van der Waals surface area (Å²) < 4.78 is 36.2. The van der Waals surface area contributed by atoms with Gasteiger partial charge in [-0.3, -0.25) is 4.18 Å². The largest absolute Gasteiger partial charge is 0.376 e. The lowest BCUT2D eigenvalue weighted by atomic mass is 10.3. The highest BCUT2D eigenvalue weighted by molar-refractivity contribution is 7.85. The molecular formula is C7H14O5S. The molecule has 0 bridgehead atoms. The monoisotopic (exact) mass is 210 g/mol. The van der Waals surface area contributed by atoms with E-state index in [2.05, 4.69) is 4.18 Å². The summed E-state index contributed by atoms with van der Waals surface area (Å²) in [7, 11) is -3.32. The fourth-order valence-corrected chi connectivity index (χ4v) is 1.43. The van der Waals surface area contributed by atoms with Gasteiger partial charge >= 0.3 is 0 Å². The molecule has 1 heterocycles. The van der Waals surface area contributed by atoms with Crippen LogP contribution in [0, 0.1) is 0 Å². The second-order valence-electron chi connectivity index (χ2n) is 2.88. The summed E-state index contributed by atoms with van der Waals surface area (Å²) in [6.45, 7) is 1.87. The number of hydrogen-bond acceptors (Lipinski definition) is 5. The maximum atomic E-state index is 10.6. The van der Waals surface area contributed by atoms with E-state index >= 15 is 0 Å². The van der Waals surface area contributed by atoms with Crippen molar-refractivity contribution in [3.8, 4) is 0 Å². The average Bonchev–Trinajstić information content (AvgIpc) is 2.04. The topological polar surface area (TPSA) is 61.8 Å². The van der Waals surface area contributed by atoms with Crippen molar-refractivity contribution in [2.24, 2.45) is 0 Å². The van der Waals surface area contributed by atoms with Crippen LogP contribution in [0.2, 0.25) is 0 Å². The molecule has 78 valence electrons. The Morgan fingerprint density at radius 2 is 2.23 bits per heavy atom. The van der Waals surface area contributed by atoms with Crippen LogP contribution in [0.4, 0.5) is 0 Å². The van der Waals surface area contributed by atoms with Crippen molar-refractivity contribution < 1.29 is 22.1 Å². The van der Waals surface area contributed by atoms with Crippen LogP contribution in [0.15, 0.2) is 0 Å². The van der Waals surface area contributed by atoms with Crippen molar-refractivity contribution in [1.82, 2.24) is 0 Å². The molecule has 0 aromatic rings. The molecular weight excluding hydrogens is 196 g/mol. The molecule has 5 nitrogen and oxygen atoms in total. The number of rotatable bonds is 4. The van der Waals surface area contributed by atoms with E-state index in [1.54, 1.807) is 0 Å². The van der Waals surface area contributed by atoms with E-state index in [0.717, 1.165) is 6.26 Å². The molecule has 1 rings (SSSR count). The van der Waals surface area contributed by atoms with Gasteiger partial charge in [0.05, 0.1) is 38.8 Å². The molecule has 1 fully saturated rings. The summed E-state index contributed by atoms with van der Waals surface area (Å²) in [4.78, 5) is 0. The van der Waals surface area contributed by atoms with Gasteiger partial charge in [-0.15, -0.1) is 0 Å². The van der Waals surface area contributed by atoms with Gasteiger partial charge in [-0.05, 0) is 0 Å². The molecule has 0 spiro atoms. The summed E-state index contributed by atoms with van der Waals surface area (Å²) in [6, 6.07) is 0. The van der Waals surface area contributed by atoms with Gasteiger partial charge in [-0.1, -0.05) is 0 Å². The normalized spacial score (nSPS) is 24.5. The van der Waals surface area contributed by atoms with Gasteiger partial charge in [0.15, 0.2) is 0 Å². The van der Waals surface area contributed by atoms with E-state index in [1.165, 1.54) is 0 Å². The van der Waals surface area contributed by atoms with Crippen molar-refractivity contribution in [3.63, 3.8) is 0 Å². The molecule has 0 radical (unpaired) electrons. The third kappa shape index (κ3) is 5.20. The van der Waals surface area contributed by atoms with Crippen LogP contribution in [0.1, 0.15) is 6.42 Å².